The molecule has 1 aromatic carbocycles. The number of carbonyl (C=O) groups excluding carboxylic acids is 1. The normalized spacial score (nSPS) is 12.0. The van der Waals surface area contributed by atoms with Crippen LogP contribution in [0.25, 0.3) is 0 Å². The molecule has 1 aromatic rings. The number of rotatable bonds is 12. The SMILES string of the molecule is CCCCCCCOc1cccc(NC(=O)CNC(C)CC)c1. The molecule has 0 fully saturated rings. The average Bonchev–Trinajstić information content (AvgIpc) is 2.56. The van der Waals surface area contributed by atoms with Gasteiger partial charge < -0.3 is 15.4 Å². The van der Waals surface area contributed by atoms with E-state index in [0.717, 1.165) is 30.9 Å². The monoisotopic (exact) mass is 320 g/mol. The summed E-state index contributed by atoms with van der Waals surface area (Å²) in [4.78, 5) is 11.9. The second-order valence-corrected chi connectivity index (χ2v) is 6.03. The molecule has 2 N–H and O–H groups in total. The van der Waals surface area contributed by atoms with Crippen LogP contribution in [0.2, 0.25) is 0 Å². The Morgan fingerprint density at radius 1 is 1.17 bits per heavy atom. The van der Waals surface area contributed by atoms with E-state index in [9.17, 15) is 4.79 Å². The molecular weight excluding hydrogens is 288 g/mol. The first-order chi connectivity index (χ1) is 11.2. The van der Waals surface area contributed by atoms with Gasteiger partial charge in [0.05, 0.1) is 13.2 Å². The number of unbranched alkanes of at least 4 members (excludes halogenated alkanes) is 4. The van der Waals surface area contributed by atoms with E-state index in [1.165, 1.54) is 25.7 Å². The number of hydrogen-bond acceptors (Lipinski definition) is 3. The predicted molar refractivity (Wildman–Crippen MR) is 97.1 cm³/mol. The van der Waals surface area contributed by atoms with Gasteiger partial charge in [0.25, 0.3) is 0 Å². The Kier molecular flexibility index (Phi) is 10.1. The van der Waals surface area contributed by atoms with Crippen molar-refractivity contribution in [3.05, 3.63) is 24.3 Å². The molecule has 1 unspecified atom stereocenters. The maximum atomic E-state index is 11.9. The van der Waals surface area contributed by atoms with Gasteiger partial charge in [0.15, 0.2) is 0 Å². The molecule has 0 heterocycles. The van der Waals surface area contributed by atoms with Crippen molar-refractivity contribution in [3.8, 4) is 5.75 Å². The van der Waals surface area contributed by atoms with Gasteiger partial charge in [0.2, 0.25) is 5.91 Å². The summed E-state index contributed by atoms with van der Waals surface area (Å²) in [5.41, 5.74) is 0.782. The summed E-state index contributed by atoms with van der Waals surface area (Å²) in [5.74, 6) is 0.787. The quantitative estimate of drug-likeness (QED) is 0.563. The van der Waals surface area contributed by atoms with Crippen molar-refractivity contribution in [3.63, 3.8) is 0 Å². The molecule has 0 aliphatic rings. The number of nitrogens with one attached hydrogen (secondary N) is 2. The van der Waals surface area contributed by atoms with Crippen LogP contribution in [-0.2, 0) is 4.79 Å². The lowest BCUT2D eigenvalue weighted by Crippen LogP contribution is -2.33. The minimum atomic E-state index is -0.0259. The van der Waals surface area contributed by atoms with Crippen molar-refractivity contribution in [1.29, 1.82) is 0 Å². The third-order valence-corrected chi connectivity index (χ3v) is 3.86. The standard InChI is InChI=1S/C19H32N2O2/c1-4-6-7-8-9-13-23-18-12-10-11-17(14-18)21-19(22)15-20-16(3)5-2/h10-12,14,16,20H,4-9,13,15H2,1-3H3,(H,21,22). The summed E-state index contributed by atoms with van der Waals surface area (Å²) in [6, 6.07) is 7.95. The van der Waals surface area contributed by atoms with Crippen molar-refractivity contribution < 1.29 is 9.53 Å². The van der Waals surface area contributed by atoms with Gasteiger partial charge >= 0.3 is 0 Å². The van der Waals surface area contributed by atoms with Gasteiger partial charge in [-0.15, -0.1) is 0 Å². The number of amides is 1. The fraction of sp³-hybridized carbons (Fsp3) is 0.632. The molecule has 0 radical (unpaired) electrons. The van der Waals surface area contributed by atoms with Crippen molar-refractivity contribution in [2.24, 2.45) is 0 Å². The molecule has 0 aliphatic heterocycles. The molecular formula is C19H32N2O2. The maximum absolute atomic E-state index is 11.9. The van der Waals surface area contributed by atoms with E-state index >= 15 is 0 Å². The molecule has 0 bridgehead atoms. The minimum Gasteiger partial charge on any atom is -0.494 e. The van der Waals surface area contributed by atoms with Gasteiger partial charge in [-0.1, -0.05) is 45.6 Å². The number of carbonyl (C=O) groups is 1. The zero-order chi connectivity index (χ0) is 16.9. The lowest BCUT2D eigenvalue weighted by molar-refractivity contribution is -0.115. The van der Waals surface area contributed by atoms with Gasteiger partial charge in [-0.3, -0.25) is 4.79 Å². The van der Waals surface area contributed by atoms with E-state index in [1.54, 1.807) is 0 Å². The Bertz CT molecular complexity index is 449. The van der Waals surface area contributed by atoms with Gasteiger partial charge in [-0.25, -0.2) is 0 Å². The highest BCUT2D eigenvalue weighted by molar-refractivity contribution is 5.92. The van der Waals surface area contributed by atoms with Gasteiger partial charge in [0, 0.05) is 17.8 Å². The molecule has 0 saturated heterocycles. The molecule has 4 nitrogen and oxygen atoms in total. The maximum Gasteiger partial charge on any atom is 0.238 e. The first-order valence-electron chi connectivity index (χ1n) is 8.91. The molecule has 1 rings (SSSR count). The van der Waals surface area contributed by atoms with Crippen molar-refractivity contribution in [2.75, 3.05) is 18.5 Å². The largest absolute Gasteiger partial charge is 0.494 e. The van der Waals surface area contributed by atoms with Crippen LogP contribution in [0.1, 0.15) is 59.3 Å². The van der Waals surface area contributed by atoms with Crippen LogP contribution in [0.4, 0.5) is 5.69 Å². The average molecular weight is 320 g/mol. The number of benzene rings is 1. The Hall–Kier alpha value is -1.55. The van der Waals surface area contributed by atoms with E-state index < -0.39 is 0 Å². The number of hydrogen-bond donors (Lipinski definition) is 2. The smallest absolute Gasteiger partial charge is 0.238 e. The van der Waals surface area contributed by atoms with Gasteiger partial charge in [-0.05, 0) is 31.9 Å². The minimum absolute atomic E-state index is 0.0259. The third-order valence-electron chi connectivity index (χ3n) is 3.86. The summed E-state index contributed by atoms with van der Waals surface area (Å²) in [6.45, 7) is 7.45. The topological polar surface area (TPSA) is 50.4 Å². The molecule has 4 heteroatoms. The Labute approximate surface area is 141 Å². The first kappa shape index (κ1) is 19.5. The van der Waals surface area contributed by atoms with Crippen LogP contribution in [0.5, 0.6) is 5.75 Å². The zero-order valence-corrected chi connectivity index (χ0v) is 14.9. The first-order valence-corrected chi connectivity index (χ1v) is 8.91. The summed E-state index contributed by atoms with van der Waals surface area (Å²) < 4.78 is 5.76. The third kappa shape index (κ3) is 9.24. The van der Waals surface area contributed by atoms with Crippen LogP contribution < -0.4 is 15.4 Å². The highest BCUT2D eigenvalue weighted by atomic mass is 16.5. The fourth-order valence-corrected chi connectivity index (χ4v) is 2.18. The molecule has 1 atom stereocenters. The van der Waals surface area contributed by atoms with E-state index in [1.807, 2.05) is 24.3 Å². The molecule has 23 heavy (non-hydrogen) atoms. The molecule has 0 aliphatic carbocycles. The molecule has 0 saturated carbocycles. The van der Waals surface area contributed by atoms with Crippen LogP contribution in [0.15, 0.2) is 24.3 Å². The van der Waals surface area contributed by atoms with Crippen molar-refractivity contribution in [2.45, 2.75) is 65.3 Å². The molecule has 1 amide bonds. The zero-order valence-electron chi connectivity index (χ0n) is 14.9. The van der Waals surface area contributed by atoms with E-state index in [0.29, 0.717) is 12.6 Å². The molecule has 0 aromatic heterocycles. The molecule has 130 valence electrons. The predicted octanol–water partition coefficient (Wildman–Crippen LogP) is 4.36. The van der Waals surface area contributed by atoms with E-state index in [4.69, 9.17) is 4.74 Å². The second kappa shape index (κ2) is 11.9. The van der Waals surface area contributed by atoms with Gasteiger partial charge in [-0.2, -0.15) is 0 Å². The summed E-state index contributed by atoms with van der Waals surface area (Å²) in [5, 5.41) is 6.08. The highest BCUT2D eigenvalue weighted by Crippen LogP contribution is 2.17. The number of anilines is 1. The van der Waals surface area contributed by atoms with E-state index in [2.05, 4.69) is 31.4 Å². The summed E-state index contributed by atoms with van der Waals surface area (Å²) in [6.07, 6.45) is 7.13. The fourth-order valence-electron chi connectivity index (χ4n) is 2.18. The van der Waals surface area contributed by atoms with E-state index in [-0.39, 0.29) is 5.91 Å². The summed E-state index contributed by atoms with van der Waals surface area (Å²) >= 11 is 0. The Balaban J connectivity index is 2.31. The van der Waals surface area contributed by atoms with Crippen LogP contribution in [-0.4, -0.2) is 25.1 Å². The Morgan fingerprint density at radius 3 is 2.70 bits per heavy atom. The van der Waals surface area contributed by atoms with Crippen molar-refractivity contribution in [1.82, 2.24) is 5.32 Å². The highest BCUT2D eigenvalue weighted by Gasteiger charge is 2.05. The molecule has 0 spiro atoms. The van der Waals surface area contributed by atoms with Gasteiger partial charge in [0.1, 0.15) is 5.75 Å². The Morgan fingerprint density at radius 2 is 1.96 bits per heavy atom. The van der Waals surface area contributed by atoms with Crippen LogP contribution >= 0.6 is 0 Å². The number of ether oxygens (including phenoxy) is 1. The van der Waals surface area contributed by atoms with Crippen LogP contribution in [0.3, 0.4) is 0 Å². The second-order valence-electron chi connectivity index (χ2n) is 6.03. The lowest BCUT2D eigenvalue weighted by Gasteiger charge is -2.12. The van der Waals surface area contributed by atoms with Crippen LogP contribution in [0, 0.1) is 0 Å². The summed E-state index contributed by atoms with van der Waals surface area (Å²) in [7, 11) is 0. The van der Waals surface area contributed by atoms with Crippen molar-refractivity contribution >= 4 is 11.6 Å². The lowest BCUT2D eigenvalue weighted by atomic mass is 10.2.